The Balaban J connectivity index is 1.71. The third-order valence-electron chi connectivity index (χ3n) is 5.42. The molecule has 1 aliphatic heterocycles. The van der Waals surface area contributed by atoms with Gasteiger partial charge in [0.25, 0.3) is 5.91 Å². The third-order valence-corrected chi connectivity index (χ3v) is 5.42. The Bertz CT molecular complexity index is 1250. The van der Waals surface area contributed by atoms with Gasteiger partial charge in [-0.15, -0.1) is 0 Å². The fraction of sp³-hybridized carbons (Fsp3) is 0.381. The first-order chi connectivity index (χ1) is 15.8. The average Bonchev–Trinajstić information content (AvgIpc) is 3.33. The number of benzene rings is 1. The lowest BCUT2D eigenvalue weighted by Crippen LogP contribution is -2.26. The summed E-state index contributed by atoms with van der Waals surface area (Å²) >= 11 is 0. The first kappa shape index (κ1) is 22.1. The van der Waals surface area contributed by atoms with Crippen LogP contribution in [-0.4, -0.2) is 50.5 Å². The van der Waals surface area contributed by atoms with Gasteiger partial charge < -0.3 is 25.5 Å². The van der Waals surface area contributed by atoms with Gasteiger partial charge in [0.1, 0.15) is 23.6 Å². The van der Waals surface area contributed by atoms with E-state index >= 15 is 0 Å². The molecule has 0 bridgehead atoms. The topological polar surface area (TPSA) is 169 Å². The van der Waals surface area contributed by atoms with Crippen LogP contribution in [-0.2, 0) is 11.3 Å². The summed E-state index contributed by atoms with van der Waals surface area (Å²) in [6.07, 6.45) is 0.269. The Hall–Kier alpha value is -4.09. The second kappa shape index (κ2) is 8.81. The zero-order valence-electron chi connectivity index (χ0n) is 18.3. The molecule has 3 aromatic rings. The van der Waals surface area contributed by atoms with E-state index in [0.29, 0.717) is 47.8 Å². The fourth-order valence-corrected chi connectivity index (χ4v) is 3.99. The van der Waals surface area contributed by atoms with Gasteiger partial charge >= 0.3 is 6.09 Å². The van der Waals surface area contributed by atoms with Crippen LogP contribution in [0.25, 0.3) is 11.0 Å². The van der Waals surface area contributed by atoms with Gasteiger partial charge in [-0.2, -0.15) is 5.10 Å². The zero-order valence-corrected chi connectivity index (χ0v) is 18.3. The van der Waals surface area contributed by atoms with Gasteiger partial charge in [-0.3, -0.25) is 19.6 Å². The molecule has 1 aliphatic rings. The van der Waals surface area contributed by atoms with Crippen molar-refractivity contribution in [1.29, 1.82) is 0 Å². The summed E-state index contributed by atoms with van der Waals surface area (Å²) < 4.78 is 14.2. The highest BCUT2D eigenvalue weighted by molar-refractivity contribution is 6.04. The number of nitrogens with one attached hydrogen (secondary N) is 1. The summed E-state index contributed by atoms with van der Waals surface area (Å²) in [4.78, 5) is 40.2. The number of nitrogens with two attached hydrogens (primary N) is 2. The number of aryl methyl sites for hydroxylation is 2. The highest BCUT2D eigenvalue weighted by Crippen LogP contribution is 2.38. The molecule has 3 amide bonds. The van der Waals surface area contributed by atoms with Crippen LogP contribution >= 0.6 is 0 Å². The lowest BCUT2D eigenvalue weighted by molar-refractivity contribution is 0.0995. The molecular weight excluding hydrogens is 430 g/mol. The third kappa shape index (κ3) is 4.31. The van der Waals surface area contributed by atoms with Crippen LogP contribution in [0.5, 0.6) is 5.75 Å². The quantitative estimate of drug-likeness (QED) is 0.434. The second-order valence-corrected chi connectivity index (χ2v) is 7.73. The molecule has 33 heavy (non-hydrogen) atoms. The van der Waals surface area contributed by atoms with Crippen molar-refractivity contribution in [2.24, 2.45) is 11.5 Å². The Morgan fingerprint density at radius 3 is 2.76 bits per heavy atom. The minimum Gasteiger partial charge on any atom is -0.489 e. The number of anilines is 1. The minimum absolute atomic E-state index is 0.161. The largest absolute Gasteiger partial charge is 0.489 e. The highest BCUT2D eigenvalue weighted by atomic mass is 16.5. The van der Waals surface area contributed by atoms with Gasteiger partial charge in [-0.05, 0) is 44.9 Å². The summed E-state index contributed by atoms with van der Waals surface area (Å²) in [5.41, 5.74) is 13.0. The maximum atomic E-state index is 13.1. The molecule has 0 unspecified atom stereocenters. The number of carbonyl (C=O) groups excluding carboxylic acids is 3. The van der Waals surface area contributed by atoms with Gasteiger partial charge in [0.2, 0.25) is 11.9 Å². The summed E-state index contributed by atoms with van der Waals surface area (Å²) in [6.45, 7) is 4.68. The molecule has 1 atom stereocenters. The maximum Gasteiger partial charge on any atom is 0.404 e. The van der Waals surface area contributed by atoms with Gasteiger partial charge in [0.15, 0.2) is 0 Å². The van der Waals surface area contributed by atoms with E-state index in [2.05, 4.69) is 15.4 Å². The summed E-state index contributed by atoms with van der Waals surface area (Å²) in [5, 5.41) is 7.20. The normalized spacial score (nSPS) is 14.7. The molecule has 0 spiro atoms. The maximum absolute atomic E-state index is 13.1. The van der Waals surface area contributed by atoms with Crippen molar-refractivity contribution in [3.63, 3.8) is 0 Å². The number of amides is 3. The number of rotatable bonds is 8. The predicted octanol–water partition coefficient (Wildman–Crippen LogP) is 1.72. The van der Waals surface area contributed by atoms with E-state index in [-0.39, 0.29) is 30.7 Å². The fourth-order valence-electron chi connectivity index (χ4n) is 3.99. The van der Waals surface area contributed by atoms with Crippen molar-refractivity contribution in [2.75, 3.05) is 18.5 Å². The van der Waals surface area contributed by atoms with E-state index in [4.69, 9.17) is 20.9 Å². The zero-order chi connectivity index (χ0) is 23.7. The molecule has 2 aromatic heterocycles. The minimum atomic E-state index is -0.833. The number of hydrogen-bond acceptors (Lipinski definition) is 7. The number of nitrogens with zero attached hydrogens (tertiary/aromatic N) is 4. The molecule has 12 heteroatoms. The van der Waals surface area contributed by atoms with Crippen molar-refractivity contribution in [3.05, 3.63) is 35.2 Å². The summed E-state index contributed by atoms with van der Waals surface area (Å²) in [6, 6.07) is 4.63. The molecule has 0 saturated carbocycles. The molecule has 5 N–H and O–H groups in total. The molecule has 0 radical (unpaired) electrons. The lowest BCUT2D eigenvalue weighted by atomic mass is 10.1. The first-order valence-electron chi connectivity index (χ1n) is 10.5. The van der Waals surface area contributed by atoms with Gasteiger partial charge in [0, 0.05) is 12.1 Å². The van der Waals surface area contributed by atoms with Crippen molar-refractivity contribution in [2.45, 2.75) is 39.3 Å². The van der Waals surface area contributed by atoms with Crippen LogP contribution in [0.1, 0.15) is 52.3 Å². The average molecular weight is 455 g/mol. The number of carbonyl (C=O) groups is 3. The van der Waals surface area contributed by atoms with E-state index in [1.54, 1.807) is 22.9 Å². The predicted molar refractivity (Wildman–Crippen MR) is 118 cm³/mol. The van der Waals surface area contributed by atoms with Crippen molar-refractivity contribution in [3.8, 4) is 5.75 Å². The summed E-state index contributed by atoms with van der Waals surface area (Å²) in [7, 11) is 0. The number of imidazole rings is 1. The molecule has 0 fully saturated rings. The van der Waals surface area contributed by atoms with Crippen LogP contribution in [0, 0.1) is 6.92 Å². The second-order valence-electron chi connectivity index (χ2n) is 7.73. The first-order valence-corrected chi connectivity index (χ1v) is 10.5. The SMILES string of the molecule is CCn1nc(C)cc1C(=O)Nc1nc2cc(C(N)=O)cc3c2n1[C@H](CCCOC(N)=O)CO3. The van der Waals surface area contributed by atoms with E-state index in [1.165, 1.54) is 0 Å². The number of ether oxygens (including phenoxy) is 2. The molecule has 174 valence electrons. The molecule has 0 saturated heterocycles. The van der Waals surface area contributed by atoms with Crippen LogP contribution in [0.3, 0.4) is 0 Å². The molecule has 1 aromatic carbocycles. The monoisotopic (exact) mass is 455 g/mol. The molecule has 3 heterocycles. The van der Waals surface area contributed by atoms with Gasteiger partial charge in [-0.25, -0.2) is 9.78 Å². The van der Waals surface area contributed by atoms with Crippen molar-refractivity contribution < 1.29 is 23.9 Å². The smallest absolute Gasteiger partial charge is 0.404 e. The Morgan fingerprint density at radius 2 is 2.06 bits per heavy atom. The Kier molecular flexibility index (Phi) is 5.90. The standard InChI is InChI=1S/C21H25N7O5/c1-3-27-15(7-11(2)26-27)19(30)25-21-24-14-8-12(18(22)29)9-16-17(14)28(21)13(10-33-16)5-4-6-32-20(23)31/h7-9,13H,3-6,10H2,1-2H3,(H2,22,29)(H2,23,31)(H,24,25,30)/t13-/m1/s1. The van der Waals surface area contributed by atoms with Gasteiger partial charge in [0.05, 0.1) is 23.9 Å². The van der Waals surface area contributed by atoms with Crippen LogP contribution in [0.15, 0.2) is 18.2 Å². The van der Waals surface area contributed by atoms with E-state index in [0.717, 1.165) is 5.69 Å². The number of primary amides is 2. The highest BCUT2D eigenvalue weighted by Gasteiger charge is 2.29. The summed E-state index contributed by atoms with van der Waals surface area (Å²) in [5.74, 6) is -0.204. The van der Waals surface area contributed by atoms with Crippen molar-refractivity contribution >= 4 is 34.9 Å². The van der Waals surface area contributed by atoms with Crippen molar-refractivity contribution in [1.82, 2.24) is 19.3 Å². The lowest BCUT2D eigenvalue weighted by Gasteiger charge is -2.27. The molecule has 12 nitrogen and oxygen atoms in total. The van der Waals surface area contributed by atoms with E-state index < -0.39 is 12.0 Å². The number of aromatic nitrogens is 4. The number of hydrogen-bond donors (Lipinski definition) is 3. The molecule has 4 rings (SSSR count). The Morgan fingerprint density at radius 1 is 1.27 bits per heavy atom. The molecule has 0 aliphatic carbocycles. The van der Waals surface area contributed by atoms with E-state index in [9.17, 15) is 14.4 Å². The van der Waals surface area contributed by atoms with Crippen LogP contribution in [0.4, 0.5) is 10.7 Å². The molecular formula is C21H25N7O5. The van der Waals surface area contributed by atoms with Crippen LogP contribution in [0.2, 0.25) is 0 Å². The Labute approximate surface area is 188 Å². The van der Waals surface area contributed by atoms with E-state index in [1.807, 2.05) is 18.4 Å². The van der Waals surface area contributed by atoms with Crippen LogP contribution < -0.4 is 21.5 Å². The van der Waals surface area contributed by atoms with Gasteiger partial charge in [-0.1, -0.05) is 0 Å².